The van der Waals surface area contributed by atoms with Gasteiger partial charge in [0.2, 0.25) is 0 Å². The first-order valence-electron chi connectivity index (χ1n) is 11.4. The third-order valence-corrected chi connectivity index (χ3v) is 6.86. The minimum Gasteiger partial charge on any atom is -0.367 e. The van der Waals surface area contributed by atoms with Crippen molar-refractivity contribution in [1.82, 2.24) is 10.3 Å². The first-order valence-corrected chi connectivity index (χ1v) is 11.4. The molecule has 2 fully saturated rings. The average molecular weight is 385 g/mol. The zero-order chi connectivity index (χ0) is 19.6. The van der Waals surface area contributed by atoms with E-state index >= 15 is 0 Å². The van der Waals surface area contributed by atoms with E-state index in [2.05, 4.69) is 35.4 Å². The van der Waals surface area contributed by atoms with Crippen LogP contribution in [0.25, 0.3) is 0 Å². The summed E-state index contributed by atoms with van der Waals surface area (Å²) in [5.74, 6) is 1.89. The van der Waals surface area contributed by atoms with E-state index in [1.165, 1.54) is 64.2 Å². The molecule has 1 aromatic heterocycles. The van der Waals surface area contributed by atoms with Gasteiger partial charge in [0.05, 0.1) is 5.56 Å². The molecule has 2 N–H and O–H groups in total. The highest BCUT2D eigenvalue weighted by Crippen LogP contribution is 2.34. The molecule has 0 radical (unpaired) electrons. The van der Waals surface area contributed by atoms with Gasteiger partial charge in [0.25, 0.3) is 5.91 Å². The van der Waals surface area contributed by atoms with E-state index < -0.39 is 0 Å². The summed E-state index contributed by atoms with van der Waals surface area (Å²) >= 11 is 0. The van der Waals surface area contributed by atoms with E-state index in [0.717, 1.165) is 35.9 Å². The Morgan fingerprint density at radius 3 is 2.61 bits per heavy atom. The molecule has 28 heavy (non-hydrogen) atoms. The van der Waals surface area contributed by atoms with Gasteiger partial charge in [-0.25, -0.2) is 4.98 Å². The second-order valence-electron chi connectivity index (χ2n) is 9.74. The number of aromatic nitrogens is 1. The molecule has 0 atom stereocenters. The molecule has 3 aliphatic rings. The summed E-state index contributed by atoms with van der Waals surface area (Å²) in [6, 6.07) is 2.58. The van der Waals surface area contributed by atoms with Gasteiger partial charge >= 0.3 is 0 Å². The van der Waals surface area contributed by atoms with E-state index in [4.69, 9.17) is 4.98 Å². The quantitative estimate of drug-likeness (QED) is 0.781. The van der Waals surface area contributed by atoms with E-state index in [9.17, 15) is 4.79 Å². The van der Waals surface area contributed by atoms with Gasteiger partial charge in [-0.1, -0.05) is 46.0 Å². The molecule has 2 aliphatic heterocycles. The molecule has 4 rings (SSSR count). The predicted octanol–water partition coefficient (Wildman–Crippen LogP) is 4.87. The van der Waals surface area contributed by atoms with Crippen LogP contribution in [0.2, 0.25) is 0 Å². The minimum atomic E-state index is 0.0272. The monoisotopic (exact) mass is 384 g/mol. The molecule has 0 spiro atoms. The number of carbonyl (C=O) groups excluding carboxylic acids is 1. The van der Waals surface area contributed by atoms with Gasteiger partial charge in [-0.05, 0) is 49.1 Å². The maximum Gasteiger partial charge on any atom is 0.255 e. The van der Waals surface area contributed by atoms with Crippen LogP contribution in [0.15, 0.2) is 6.07 Å². The maximum atomic E-state index is 12.5. The van der Waals surface area contributed by atoms with E-state index in [1.807, 2.05) is 0 Å². The highest BCUT2D eigenvalue weighted by atomic mass is 16.1. The summed E-state index contributed by atoms with van der Waals surface area (Å²) in [6.07, 6.45) is 12.6. The summed E-state index contributed by atoms with van der Waals surface area (Å²) in [5.41, 5.74) is 2.29. The first-order chi connectivity index (χ1) is 13.5. The average Bonchev–Trinajstić information content (AvgIpc) is 2.90. The Kier molecular flexibility index (Phi) is 5.79. The van der Waals surface area contributed by atoms with Crippen LogP contribution in [-0.2, 0) is 6.54 Å². The number of rotatable bonds is 3. The highest BCUT2D eigenvalue weighted by Gasteiger charge is 2.29. The van der Waals surface area contributed by atoms with Crippen LogP contribution in [-0.4, -0.2) is 30.0 Å². The molecule has 5 nitrogen and oxygen atoms in total. The van der Waals surface area contributed by atoms with E-state index in [-0.39, 0.29) is 5.91 Å². The molecule has 3 heterocycles. The van der Waals surface area contributed by atoms with Crippen molar-refractivity contribution in [1.29, 1.82) is 0 Å². The predicted molar refractivity (Wildman–Crippen MR) is 115 cm³/mol. The van der Waals surface area contributed by atoms with Crippen molar-refractivity contribution in [2.45, 2.75) is 90.6 Å². The number of carbonyl (C=O) groups is 1. The lowest BCUT2D eigenvalue weighted by Gasteiger charge is -2.26. The van der Waals surface area contributed by atoms with Gasteiger partial charge < -0.3 is 15.5 Å². The Morgan fingerprint density at radius 1 is 1.07 bits per heavy atom. The van der Waals surface area contributed by atoms with Crippen molar-refractivity contribution in [3.8, 4) is 0 Å². The number of anilines is 2. The van der Waals surface area contributed by atoms with Crippen molar-refractivity contribution in [2.75, 3.05) is 23.3 Å². The second-order valence-corrected chi connectivity index (χ2v) is 9.74. The van der Waals surface area contributed by atoms with Crippen molar-refractivity contribution >= 4 is 17.5 Å². The normalized spacial score (nSPS) is 23.4. The SMILES string of the molecule is CC1(C)CCCN(c2cc3c(c(NC4CCCCCCC4)n2)C(=O)NC3)CC1. The summed E-state index contributed by atoms with van der Waals surface area (Å²) < 4.78 is 0. The summed E-state index contributed by atoms with van der Waals surface area (Å²) in [6.45, 7) is 7.47. The van der Waals surface area contributed by atoms with E-state index in [0.29, 0.717) is 18.0 Å². The van der Waals surface area contributed by atoms with Gasteiger partial charge in [0, 0.05) is 25.7 Å². The van der Waals surface area contributed by atoms with Crippen molar-refractivity contribution in [2.24, 2.45) is 5.41 Å². The van der Waals surface area contributed by atoms with Gasteiger partial charge in [-0.3, -0.25) is 4.79 Å². The Bertz CT molecular complexity index is 707. The van der Waals surface area contributed by atoms with Crippen molar-refractivity contribution < 1.29 is 4.79 Å². The Morgan fingerprint density at radius 2 is 1.82 bits per heavy atom. The van der Waals surface area contributed by atoms with E-state index in [1.54, 1.807) is 0 Å². The minimum absolute atomic E-state index is 0.0272. The molecule has 0 unspecified atom stereocenters. The topological polar surface area (TPSA) is 57.3 Å². The molecule has 1 saturated carbocycles. The fourth-order valence-electron chi connectivity index (χ4n) is 4.95. The molecule has 1 aliphatic carbocycles. The molecule has 0 bridgehead atoms. The molecular weight excluding hydrogens is 348 g/mol. The van der Waals surface area contributed by atoms with Crippen LogP contribution >= 0.6 is 0 Å². The van der Waals surface area contributed by atoms with Crippen LogP contribution in [0.3, 0.4) is 0 Å². The zero-order valence-electron chi connectivity index (χ0n) is 17.6. The summed E-state index contributed by atoms with van der Waals surface area (Å²) in [5, 5.41) is 6.70. The second kappa shape index (κ2) is 8.30. The molecule has 1 amide bonds. The van der Waals surface area contributed by atoms with Crippen LogP contribution in [0.1, 0.15) is 94.0 Å². The largest absolute Gasteiger partial charge is 0.367 e. The summed E-state index contributed by atoms with van der Waals surface area (Å²) in [4.78, 5) is 19.9. The fourth-order valence-corrected chi connectivity index (χ4v) is 4.95. The van der Waals surface area contributed by atoms with Gasteiger partial charge in [-0.2, -0.15) is 0 Å². The molecule has 1 aromatic rings. The summed E-state index contributed by atoms with van der Waals surface area (Å²) in [7, 11) is 0. The molecule has 0 aromatic carbocycles. The van der Waals surface area contributed by atoms with Gasteiger partial charge in [0.1, 0.15) is 11.6 Å². The van der Waals surface area contributed by atoms with Crippen LogP contribution < -0.4 is 15.5 Å². The number of nitrogens with one attached hydrogen (secondary N) is 2. The first kappa shape index (κ1) is 19.5. The Hall–Kier alpha value is -1.78. The third-order valence-electron chi connectivity index (χ3n) is 6.86. The van der Waals surface area contributed by atoms with Crippen molar-refractivity contribution in [3.63, 3.8) is 0 Å². The number of nitrogens with zero attached hydrogens (tertiary/aromatic N) is 2. The lowest BCUT2D eigenvalue weighted by atomic mass is 9.85. The number of fused-ring (bicyclic) bond motifs is 1. The number of hydrogen-bond donors (Lipinski definition) is 2. The third kappa shape index (κ3) is 4.44. The fraction of sp³-hybridized carbons (Fsp3) is 0.739. The molecular formula is C23H36N4O. The number of hydrogen-bond acceptors (Lipinski definition) is 4. The Labute approximate surface area is 169 Å². The molecule has 5 heteroatoms. The van der Waals surface area contributed by atoms with Crippen LogP contribution in [0.4, 0.5) is 11.6 Å². The van der Waals surface area contributed by atoms with Gasteiger partial charge in [0.15, 0.2) is 0 Å². The van der Waals surface area contributed by atoms with Gasteiger partial charge in [-0.15, -0.1) is 0 Å². The Balaban J connectivity index is 1.59. The number of amides is 1. The lowest BCUT2D eigenvalue weighted by molar-refractivity contribution is 0.0966. The molecule has 1 saturated heterocycles. The number of pyridine rings is 1. The molecule has 154 valence electrons. The maximum absolute atomic E-state index is 12.5. The van der Waals surface area contributed by atoms with Crippen LogP contribution in [0, 0.1) is 5.41 Å². The van der Waals surface area contributed by atoms with Crippen LogP contribution in [0.5, 0.6) is 0 Å². The smallest absolute Gasteiger partial charge is 0.255 e. The standard InChI is InChI=1S/C23H36N4O/c1-23(2)11-8-13-27(14-12-23)19-15-17-16-24-22(28)20(17)21(26-19)25-18-9-6-4-3-5-7-10-18/h15,18H,3-14,16H2,1-2H3,(H,24,28)(H,25,26). The van der Waals surface area contributed by atoms with Crippen molar-refractivity contribution in [3.05, 3.63) is 17.2 Å². The highest BCUT2D eigenvalue weighted by molar-refractivity contribution is 6.03. The zero-order valence-corrected chi connectivity index (χ0v) is 17.6. The lowest BCUT2D eigenvalue weighted by Crippen LogP contribution is -2.28.